The minimum absolute atomic E-state index is 0.0500. The lowest BCUT2D eigenvalue weighted by molar-refractivity contribution is 0.372. The van der Waals surface area contributed by atoms with Crippen molar-refractivity contribution < 1.29 is 8.42 Å². The van der Waals surface area contributed by atoms with Crippen LogP contribution in [0.15, 0.2) is 14.7 Å². The molecule has 1 aromatic rings. The molecule has 4 nitrogen and oxygen atoms in total. The Labute approximate surface area is 139 Å². The Kier molecular flexibility index (Phi) is 5.52. The second-order valence-corrected chi connectivity index (χ2v) is 10.5. The summed E-state index contributed by atoms with van der Waals surface area (Å²) >= 11 is 4.86. The van der Waals surface area contributed by atoms with E-state index in [1.54, 1.807) is 6.07 Å². The highest BCUT2D eigenvalue weighted by Crippen LogP contribution is 2.38. The van der Waals surface area contributed by atoms with E-state index in [0.717, 1.165) is 30.7 Å². The fraction of sp³-hybridized carbons (Fsp3) is 0.714. The summed E-state index contributed by atoms with van der Waals surface area (Å²) in [5, 5.41) is 3.21. The Bertz CT molecular complexity index is 596. The van der Waals surface area contributed by atoms with Crippen LogP contribution in [-0.4, -0.2) is 21.0 Å². The summed E-state index contributed by atoms with van der Waals surface area (Å²) in [5.41, 5.74) is 0.231. The highest BCUT2D eigenvalue weighted by molar-refractivity contribution is 9.11. The number of hydrogen-bond acceptors (Lipinski definition) is 4. The van der Waals surface area contributed by atoms with Gasteiger partial charge in [0.25, 0.3) is 0 Å². The number of sulfonamides is 1. The third kappa shape index (κ3) is 4.51. The predicted octanol–water partition coefficient (Wildman–Crippen LogP) is 3.48. The molecule has 1 fully saturated rings. The molecule has 1 atom stereocenters. The van der Waals surface area contributed by atoms with Gasteiger partial charge in [0.2, 0.25) is 10.0 Å². The average Bonchev–Trinajstić information content (AvgIpc) is 2.89. The molecule has 0 radical (unpaired) electrons. The van der Waals surface area contributed by atoms with Crippen molar-refractivity contribution in [2.45, 2.75) is 57.5 Å². The number of rotatable bonds is 6. The number of hydrogen-bond donors (Lipinski definition) is 2. The second-order valence-electron chi connectivity index (χ2n) is 6.36. The van der Waals surface area contributed by atoms with E-state index < -0.39 is 10.0 Å². The molecule has 2 rings (SSSR count). The molecule has 0 aliphatic heterocycles. The summed E-state index contributed by atoms with van der Waals surface area (Å²) in [5.74, 6) is 0. The normalized spacial score (nSPS) is 21.8. The molecule has 0 saturated heterocycles. The third-order valence-corrected chi connectivity index (χ3v) is 7.61. The lowest BCUT2D eigenvalue weighted by Crippen LogP contribution is -2.33. The zero-order chi connectivity index (χ0) is 15.7. The van der Waals surface area contributed by atoms with E-state index in [4.69, 9.17) is 0 Å². The molecule has 1 heterocycles. The van der Waals surface area contributed by atoms with Crippen molar-refractivity contribution in [3.63, 3.8) is 0 Å². The Hall–Kier alpha value is 0.0500. The standard InChI is InChI=1S/C14H23BrN2O2S2/c1-4-16-9-11-7-12(13(15)20-11)21(18,19)17-10-5-6-14(2,3)8-10/h7,10,16-17H,4-6,8-9H2,1-3H3. The lowest BCUT2D eigenvalue weighted by atomic mass is 9.92. The van der Waals surface area contributed by atoms with Gasteiger partial charge in [-0.25, -0.2) is 13.1 Å². The van der Waals surface area contributed by atoms with Crippen molar-refractivity contribution in [3.8, 4) is 0 Å². The summed E-state index contributed by atoms with van der Waals surface area (Å²) < 4.78 is 28.7. The Morgan fingerprint density at radius 1 is 1.48 bits per heavy atom. The van der Waals surface area contributed by atoms with E-state index in [0.29, 0.717) is 15.2 Å². The van der Waals surface area contributed by atoms with Crippen LogP contribution < -0.4 is 10.0 Å². The predicted molar refractivity (Wildman–Crippen MR) is 91.1 cm³/mol. The van der Waals surface area contributed by atoms with Crippen molar-refractivity contribution in [1.29, 1.82) is 0 Å². The van der Waals surface area contributed by atoms with Crippen LogP contribution in [0.4, 0.5) is 0 Å². The van der Waals surface area contributed by atoms with E-state index in [1.807, 2.05) is 6.92 Å². The number of halogens is 1. The van der Waals surface area contributed by atoms with Crippen LogP contribution in [-0.2, 0) is 16.6 Å². The first-order valence-corrected chi connectivity index (χ1v) is 10.3. The van der Waals surface area contributed by atoms with Crippen molar-refractivity contribution in [1.82, 2.24) is 10.0 Å². The van der Waals surface area contributed by atoms with Gasteiger partial charge in [0.05, 0.1) is 3.79 Å². The highest BCUT2D eigenvalue weighted by atomic mass is 79.9. The molecule has 0 aromatic carbocycles. The summed E-state index contributed by atoms with van der Waals surface area (Å²) in [7, 11) is -3.44. The summed E-state index contributed by atoms with van der Waals surface area (Å²) in [4.78, 5) is 1.39. The van der Waals surface area contributed by atoms with Crippen LogP contribution in [0.2, 0.25) is 0 Å². The second kappa shape index (κ2) is 6.66. The van der Waals surface area contributed by atoms with Gasteiger partial charge in [-0.05, 0) is 53.2 Å². The van der Waals surface area contributed by atoms with Crippen LogP contribution in [0.3, 0.4) is 0 Å². The molecule has 1 aliphatic rings. The molecular weight excluding hydrogens is 372 g/mol. The zero-order valence-corrected chi connectivity index (χ0v) is 15.9. The minimum atomic E-state index is -3.44. The van der Waals surface area contributed by atoms with Gasteiger partial charge in [-0.2, -0.15) is 0 Å². The van der Waals surface area contributed by atoms with Gasteiger partial charge in [-0.15, -0.1) is 11.3 Å². The zero-order valence-electron chi connectivity index (χ0n) is 12.7. The lowest BCUT2D eigenvalue weighted by Gasteiger charge is -2.17. The molecule has 1 unspecified atom stereocenters. The minimum Gasteiger partial charge on any atom is -0.312 e. The monoisotopic (exact) mass is 394 g/mol. The van der Waals surface area contributed by atoms with Crippen LogP contribution in [0, 0.1) is 5.41 Å². The first-order chi connectivity index (χ1) is 9.73. The molecule has 0 spiro atoms. The maximum atomic E-state index is 12.6. The number of thiophene rings is 1. The Morgan fingerprint density at radius 2 is 2.19 bits per heavy atom. The van der Waals surface area contributed by atoms with E-state index in [2.05, 4.69) is 39.8 Å². The molecule has 2 N–H and O–H groups in total. The van der Waals surface area contributed by atoms with Gasteiger partial charge in [0, 0.05) is 17.5 Å². The van der Waals surface area contributed by atoms with Crippen molar-refractivity contribution in [3.05, 3.63) is 14.7 Å². The quantitative estimate of drug-likeness (QED) is 0.776. The largest absolute Gasteiger partial charge is 0.312 e. The Balaban J connectivity index is 2.11. The maximum absolute atomic E-state index is 12.6. The number of nitrogens with one attached hydrogen (secondary N) is 2. The molecule has 1 aliphatic carbocycles. The fourth-order valence-corrected chi connectivity index (χ4v) is 6.66. The maximum Gasteiger partial charge on any atom is 0.242 e. The van der Waals surface area contributed by atoms with Crippen molar-refractivity contribution >= 4 is 37.3 Å². The molecule has 120 valence electrons. The van der Waals surface area contributed by atoms with Crippen LogP contribution in [0.5, 0.6) is 0 Å². The summed E-state index contributed by atoms with van der Waals surface area (Å²) in [6.07, 6.45) is 2.88. The average molecular weight is 395 g/mol. The Morgan fingerprint density at radius 3 is 2.76 bits per heavy atom. The van der Waals surface area contributed by atoms with Gasteiger partial charge in [0.1, 0.15) is 4.90 Å². The molecule has 1 saturated carbocycles. The molecule has 7 heteroatoms. The first-order valence-electron chi connectivity index (χ1n) is 7.25. The molecule has 1 aromatic heterocycles. The topological polar surface area (TPSA) is 58.2 Å². The van der Waals surface area contributed by atoms with Gasteiger partial charge in [0.15, 0.2) is 0 Å². The van der Waals surface area contributed by atoms with E-state index in [9.17, 15) is 8.42 Å². The summed E-state index contributed by atoms with van der Waals surface area (Å²) in [6.45, 7) is 7.98. The van der Waals surface area contributed by atoms with Crippen LogP contribution in [0.1, 0.15) is 44.9 Å². The van der Waals surface area contributed by atoms with E-state index >= 15 is 0 Å². The molecule has 0 bridgehead atoms. The van der Waals surface area contributed by atoms with Crippen molar-refractivity contribution in [2.75, 3.05) is 6.54 Å². The highest BCUT2D eigenvalue weighted by Gasteiger charge is 2.34. The summed E-state index contributed by atoms with van der Waals surface area (Å²) in [6, 6.07) is 1.81. The van der Waals surface area contributed by atoms with Crippen LogP contribution >= 0.6 is 27.3 Å². The van der Waals surface area contributed by atoms with Gasteiger partial charge >= 0.3 is 0 Å². The molecule has 0 amide bonds. The van der Waals surface area contributed by atoms with Gasteiger partial charge in [-0.3, -0.25) is 0 Å². The SMILES string of the molecule is CCNCc1cc(S(=O)(=O)NC2CCC(C)(C)C2)c(Br)s1. The van der Waals surface area contributed by atoms with E-state index in [-0.39, 0.29) is 11.5 Å². The third-order valence-electron chi connectivity index (χ3n) is 3.84. The molecule has 21 heavy (non-hydrogen) atoms. The van der Waals surface area contributed by atoms with Crippen LogP contribution in [0.25, 0.3) is 0 Å². The van der Waals surface area contributed by atoms with Crippen molar-refractivity contribution in [2.24, 2.45) is 5.41 Å². The van der Waals surface area contributed by atoms with E-state index in [1.165, 1.54) is 11.3 Å². The smallest absolute Gasteiger partial charge is 0.242 e. The van der Waals surface area contributed by atoms with Gasteiger partial charge in [-0.1, -0.05) is 20.8 Å². The molecular formula is C14H23BrN2O2S2. The fourth-order valence-electron chi connectivity index (χ4n) is 2.74. The van der Waals surface area contributed by atoms with Gasteiger partial charge < -0.3 is 5.32 Å². The first kappa shape index (κ1) is 17.4.